The van der Waals surface area contributed by atoms with E-state index < -0.39 is 7.12 Å². The first-order valence-corrected chi connectivity index (χ1v) is 9.43. The number of furan rings is 1. The van der Waals surface area contributed by atoms with Crippen LogP contribution >= 0.6 is 0 Å². The van der Waals surface area contributed by atoms with E-state index in [0.29, 0.717) is 17.0 Å². The molecule has 6 heteroatoms. The molecule has 0 radical (unpaired) electrons. The third-order valence-electron chi connectivity index (χ3n) is 5.74. The van der Waals surface area contributed by atoms with E-state index in [9.17, 15) is 4.79 Å². The molecule has 1 amide bonds. The second-order valence-electron chi connectivity index (χ2n) is 8.22. The van der Waals surface area contributed by atoms with Gasteiger partial charge in [-0.05, 0) is 58.3 Å². The van der Waals surface area contributed by atoms with Gasteiger partial charge in [-0.15, -0.1) is 0 Å². The van der Waals surface area contributed by atoms with Gasteiger partial charge in [0.1, 0.15) is 5.58 Å². The SMILES string of the molecule is Cc1c(C(=O)Nc2ccc(B3OC(C)(C)C(C)(C)O3)cc2)oc2ccccc12. The fourth-order valence-electron chi connectivity index (χ4n) is 3.28. The first-order chi connectivity index (χ1) is 13.2. The van der Waals surface area contributed by atoms with Crippen molar-refractivity contribution >= 4 is 35.1 Å². The lowest BCUT2D eigenvalue weighted by atomic mass is 9.79. The zero-order valence-electron chi connectivity index (χ0n) is 16.8. The molecule has 1 saturated heterocycles. The summed E-state index contributed by atoms with van der Waals surface area (Å²) in [6.45, 7) is 9.99. The van der Waals surface area contributed by atoms with Crippen molar-refractivity contribution in [3.05, 3.63) is 59.9 Å². The van der Waals surface area contributed by atoms with E-state index in [2.05, 4.69) is 5.32 Å². The van der Waals surface area contributed by atoms with Crippen molar-refractivity contribution in [3.63, 3.8) is 0 Å². The number of anilines is 1. The minimum atomic E-state index is -0.424. The van der Waals surface area contributed by atoms with E-state index >= 15 is 0 Å². The lowest BCUT2D eigenvalue weighted by molar-refractivity contribution is 0.00578. The number of benzene rings is 2. The summed E-state index contributed by atoms with van der Waals surface area (Å²) in [5, 5.41) is 3.84. The van der Waals surface area contributed by atoms with Crippen molar-refractivity contribution in [1.82, 2.24) is 0 Å². The molecule has 0 aliphatic carbocycles. The van der Waals surface area contributed by atoms with Crippen LogP contribution in [0.15, 0.2) is 52.9 Å². The molecular formula is C22H24BNO4. The fourth-order valence-corrected chi connectivity index (χ4v) is 3.28. The van der Waals surface area contributed by atoms with E-state index in [4.69, 9.17) is 13.7 Å². The van der Waals surface area contributed by atoms with Crippen molar-refractivity contribution in [1.29, 1.82) is 0 Å². The average Bonchev–Trinajstić information content (AvgIpc) is 3.09. The molecule has 1 fully saturated rings. The van der Waals surface area contributed by atoms with Crippen LogP contribution in [-0.2, 0) is 9.31 Å². The quantitative estimate of drug-likeness (QED) is 0.692. The van der Waals surface area contributed by atoms with E-state index in [0.717, 1.165) is 16.4 Å². The number of para-hydroxylation sites is 1. The topological polar surface area (TPSA) is 60.7 Å². The number of carbonyl (C=O) groups excluding carboxylic acids is 1. The highest BCUT2D eigenvalue weighted by Gasteiger charge is 2.51. The second kappa shape index (κ2) is 6.50. The molecule has 1 aromatic heterocycles. The number of carbonyl (C=O) groups is 1. The number of rotatable bonds is 3. The largest absolute Gasteiger partial charge is 0.494 e. The molecule has 3 aromatic rings. The summed E-state index contributed by atoms with van der Waals surface area (Å²) in [4.78, 5) is 12.7. The van der Waals surface area contributed by atoms with Crippen molar-refractivity contribution < 1.29 is 18.5 Å². The van der Waals surface area contributed by atoms with Gasteiger partial charge in [0.05, 0.1) is 11.2 Å². The standard InChI is InChI=1S/C22H24BNO4/c1-14-17-8-6-7-9-18(17)26-19(14)20(25)24-16-12-10-15(11-13-16)23-27-21(2,3)22(4,5)28-23/h6-13H,1-5H3,(H,24,25). The molecule has 0 bridgehead atoms. The van der Waals surface area contributed by atoms with Crippen LogP contribution in [0.5, 0.6) is 0 Å². The molecule has 4 rings (SSSR count). The van der Waals surface area contributed by atoms with Gasteiger partial charge >= 0.3 is 7.12 Å². The maximum Gasteiger partial charge on any atom is 0.494 e. The van der Waals surface area contributed by atoms with Crippen molar-refractivity contribution in [2.24, 2.45) is 0 Å². The van der Waals surface area contributed by atoms with Crippen molar-refractivity contribution in [2.75, 3.05) is 5.32 Å². The predicted molar refractivity (Wildman–Crippen MR) is 111 cm³/mol. The number of hydrogen-bond donors (Lipinski definition) is 1. The molecule has 0 unspecified atom stereocenters. The van der Waals surface area contributed by atoms with Gasteiger partial charge in [0.15, 0.2) is 5.76 Å². The van der Waals surface area contributed by atoms with Crippen LogP contribution in [0.2, 0.25) is 0 Å². The lowest BCUT2D eigenvalue weighted by Crippen LogP contribution is -2.41. The van der Waals surface area contributed by atoms with Crippen LogP contribution in [0.25, 0.3) is 11.0 Å². The lowest BCUT2D eigenvalue weighted by Gasteiger charge is -2.32. The molecular weight excluding hydrogens is 353 g/mol. The Morgan fingerprint density at radius 1 is 0.929 bits per heavy atom. The summed E-state index contributed by atoms with van der Waals surface area (Å²) in [5.74, 6) is 0.0633. The summed E-state index contributed by atoms with van der Waals surface area (Å²) < 4.78 is 17.9. The van der Waals surface area contributed by atoms with Crippen LogP contribution in [-0.4, -0.2) is 24.2 Å². The Morgan fingerprint density at radius 3 is 2.14 bits per heavy atom. The van der Waals surface area contributed by atoms with Crippen molar-refractivity contribution in [3.8, 4) is 0 Å². The molecule has 144 valence electrons. The van der Waals surface area contributed by atoms with Gasteiger partial charge in [-0.25, -0.2) is 0 Å². The summed E-state index contributed by atoms with van der Waals surface area (Å²) in [5.41, 5.74) is 2.37. The van der Waals surface area contributed by atoms with Crippen LogP contribution in [0.1, 0.15) is 43.8 Å². The number of amides is 1. The maximum absolute atomic E-state index is 12.7. The molecule has 28 heavy (non-hydrogen) atoms. The Hall–Kier alpha value is -2.57. The van der Waals surface area contributed by atoms with Gasteiger partial charge in [-0.1, -0.05) is 30.3 Å². The van der Waals surface area contributed by atoms with E-state index in [1.165, 1.54) is 0 Å². The minimum absolute atomic E-state index is 0.267. The average molecular weight is 377 g/mol. The normalized spacial score (nSPS) is 17.8. The van der Waals surface area contributed by atoms with Crippen LogP contribution < -0.4 is 10.8 Å². The van der Waals surface area contributed by atoms with Crippen LogP contribution in [0.3, 0.4) is 0 Å². The van der Waals surface area contributed by atoms with Gasteiger partial charge in [0.2, 0.25) is 0 Å². The number of nitrogens with one attached hydrogen (secondary N) is 1. The smallest absolute Gasteiger partial charge is 0.451 e. The highest BCUT2D eigenvalue weighted by Crippen LogP contribution is 2.36. The molecule has 0 saturated carbocycles. The van der Waals surface area contributed by atoms with Gasteiger partial charge < -0.3 is 19.0 Å². The Kier molecular flexibility index (Phi) is 4.36. The van der Waals surface area contributed by atoms with E-state index in [-0.39, 0.29) is 17.1 Å². The number of aryl methyl sites for hydroxylation is 1. The Balaban J connectivity index is 1.50. The predicted octanol–water partition coefficient (Wildman–Crippen LogP) is 4.29. The summed E-state index contributed by atoms with van der Waals surface area (Å²) in [7, 11) is -0.424. The van der Waals surface area contributed by atoms with Gasteiger partial charge in [-0.3, -0.25) is 4.79 Å². The zero-order chi connectivity index (χ0) is 20.1. The molecule has 2 aromatic carbocycles. The molecule has 0 atom stereocenters. The van der Waals surface area contributed by atoms with Gasteiger partial charge in [-0.2, -0.15) is 0 Å². The highest BCUT2D eigenvalue weighted by atomic mass is 16.7. The number of fused-ring (bicyclic) bond motifs is 1. The molecule has 0 spiro atoms. The second-order valence-corrected chi connectivity index (χ2v) is 8.22. The minimum Gasteiger partial charge on any atom is -0.451 e. The summed E-state index contributed by atoms with van der Waals surface area (Å²) >= 11 is 0. The third kappa shape index (κ3) is 3.13. The summed E-state index contributed by atoms with van der Waals surface area (Å²) in [6.07, 6.45) is 0. The number of hydrogen-bond acceptors (Lipinski definition) is 4. The molecule has 1 N–H and O–H groups in total. The first-order valence-electron chi connectivity index (χ1n) is 9.43. The zero-order valence-corrected chi connectivity index (χ0v) is 16.8. The molecule has 2 heterocycles. The molecule has 5 nitrogen and oxygen atoms in total. The third-order valence-corrected chi connectivity index (χ3v) is 5.74. The van der Waals surface area contributed by atoms with E-state index in [1.807, 2.05) is 83.1 Å². The molecule has 1 aliphatic rings. The highest BCUT2D eigenvalue weighted by molar-refractivity contribution is 6.62. The fraction of sp³-hybridized carbons (Fsp3) is 0.318. The van der Waals surface area contributed by atoms with Crippen LogP contribution in [0, 0.1) is 6.92 Å². The molecule has 1 aliphatic heterocycles. The van der Waals surface area contributed by atoms with E-state index in [1.54, 1.807) is 0 Å². The summed E-state index contributed by atoms with van der Waals surface area (Å²) in [6, 6.07) is 15.1. The van der Waals surface area contributed by atoms with Crippen molar-refractivity contribution in [2.45, 2.75) is 45.8 Å². The Labute approximate surface area is 165 Å². The Morgan fingerprint density at radius 2 is 1.54 bits per heavy atom. The monoisotopic (exact) mass is 377 g/mol. The maximum atomic E-state index is 12.7. The van der Waals surface area contributed by atoms with Gasteiger partial charge in [0, 0.05) is 16.6 Å². The van der Waals surface area contributed by atoms with Crippen LogP contribution in [0.4, 0.5) is 5.69 Å². The Bertz CT molecular complexity index is 1020. The first kappa shape index (κ1) is 18.8. The van der Waals surface area contributed by atoms with Gasteiger partial charge in [0.25, 0.3) is 5.91 Å².